The van der Waals surface area contributed by atoms with E-state index in [4.69, 9.17) is 4.74 Å². The van der Waals surface area contributed by atoms with Gasteiger partial charge in [0, 0.05) is 12.2 Å². The first-order valence-corrected chi connectivity index (χ1v) is 10.2. The van der Waals surface area contributed by atoms with Gasteiger partial charge in [-0.3, -0.25) is 0 Å². The van der Waals surface area contributed by atoms with Crippen LogP contribution in [0.3, 0.4) is 0 Å². The summed E-state index contributed by atoms with van der Waals surface area (Å²) in [7, 11) is 0. The lowest BCUT2D eigenvalue weighted by Crippen LogP contribution is -2.31. The van der Waals surface area contributed by atoms with Crippen molar-refractivity contribution in [3.63, 3.8) is 0 Å². The molecule has 2 saturated carbocycles. The Morgan fingerprint density at radius 2 is 1.92 bits per heavy atom. The number of fused-ring (bicyclic) bond motifs is 3. The number of aliphatic hydroxyl groups is 1. The maximum absolute atomic E-state index is 11.0. The maximum atomic E-state index is 11.0. The number of hydrogen-bond acceptors (Lipinski definition) is 3. The third kappa shape index (κ3) is 3.10. The van der Waals surface area contributed by atoms with Gasteiger partial charge in [-0.2, -0.15) is 0 Å². The van der Waals surface area contributed by atoms with Crippen molar-refractivity contribution in [1.82, 2.24) is 9.55 Å². The molecular formula is C22H28N2O2. The van der Waals surface area contributed by atoms with Crippen LogP contribution in [-0.2, 0) is 4.74 Å². The Hall–Kier alpha value is -1.65. The van der Waals surface area contributed by atoms with Gasteiger partial charge in [0.15, 0.2) is 0 Å². The molecule has 2 atom stereocenters. The highest BCUT2D eigenvalue weighted by molar-refractivity contribution is 5.68. The highest BCUT2D eigenvalue weighted by Crippen LogP contribution is 2.43. The van der Waals surface area contributed by atoms with Crippen LogP contribution in [0.25, 0.3) is 11.3 Å². The molecule has 3 aliphatic rings. The quantitative estimate of drug-likeness (QED) is 0.848. The van der Waals surface area contributed by atoms with Crippen molar-refractivity contribution in [1.29, 1.82) is 0 Å². The van der Waals surface area contributed by atoms with Gasteiger partial charge >= 0.3 is 0 Å². The molecule has 1 aliphatic heterocycles. The van der Waals surface area contributed by atoms with E-state index in [1.165, 1.54) is 29.7 Å². The molecule has 1 aromatic carbocycles. The van der Waals surface area contributed by atoms with E-state index in [0.717, 1.165) is 44.6 Å². The second-order valence-corrected chi connectivity index (χ2v) is 8.41. The molecule has 26 heavy (non-hydrogen) atoms. The lowest BCUT2D eigenvalue weighted by molar-refractivity contribution is -0.0120. The van der Waals surface area contributed by atoms with Crippen molar-refractivity contribution in [3.05, 3.63) is 42.4 Å². The van der Waals surface area contributed by atoms with E-state index in [-0.39, 0.29) is 12.1 Å². The first-order chi connectivity index (χ1) is 12.8. The number of hydrogen-bond donors (Lipinski definition) is 1. The van der Waals surface area contributed by atoms with E-state index in [0.29, 0.717) is 12.0 Å². The minimum atomic E-state index is -0.259. The van der Waals surface area contributed by atoms with Gasteiger partial charge in [0.1, 0.15) is 0 Å². The second kappa shape index (κ2) is 6.82. The van der Waals surface area contributed by atoms with E-state index < -0.39 is 0 Å². The van der Waals surface area contributed by atoms with Crippen molar-refractivity contribution < 1.29 is 9.84 Å². The summed E-state index contributed by atoms with van der Waals surface area (Å²) in [6, 6.07) is 8.75. The van der Waals surface area contributed by atoms with E-state index in [9.17, 15) is 5.11 Å². The predicted molar refractivity (Wildman–Crippen MR) is 101 cm³/mol. The number of benzene rings is 1. The van der Waals surface area contributed by atoms with E-state index >= 15 is 0 Å². The van der Waals surface area contributed by atoms with Crippen molar-refractivity contribution in [3.8, 4) is 11.3 Å². The average Bonchev–Trinajstić information content (AvgIpc) is 3.30. The molecule has 4 heteroatoms. The van der Waals surface area contributed by atoms with Gasteiger partial charge in [0.2, 0.25) is 0 Å². The number of ether oxygens (including phenoxy) is 1. The molecule has 4 nitrogen and oxygen atoms in total. The van der Waals surface area contributed by atoms with E-state index in [1.807, 2.05) is 12.5 Å². The van der Waals surface area contributed by atoms with Crippen LogP contribution in [0.5, 0.6) is 0 Å². The number of imidazole rings is 1. The largest absolute Gasteiger partial charge is 0.393 e. The van der Waals surface area contributed by atoms with Crippen LogP contribution >= 0.6 is 0 Å². The first-order valence-electron chi connectivity index (χ1n) is 10.2. The summed E-state index contributed by atoms with van der Waals surface area (Å²) in [6.45, 7) is 0.958. The van der Waals surface area contributed by atoms with Gasteiger partial charge in [-0.05, 0) is 62.3 Å². The van der Waals surface area contributed by atoms with Gasteiger partial charge < -0.3 is 14.4 Å². The van der Waals surface area contributed by atoms with E-state index in [2.05, 4.69) is 33.8 Å². The average molecular weight is 352 g/mol. The summed E-state index contributed by atoms with van der Waals surface area (Å²) in [5.74, 6) is 1.24. The number of aromatic nitrogens is 2. The minimum absolute atomic E-state index is 0.211. The van der Waals surface area contributed by atoms with Crippen molar-refractivity contribution in [2.24, 2.45) is 11.8 Å². The van der Waals surface area contributed by atoms with Crippen LogP contribution in [0, 0.1) is 11.8 Å². The molecule has 2 aliphatic carbocycles. The van der Waals surface area contributed by atoms with Crippen molar-refractivity contribution in [2.75, 3.05) is 6.61 Å². The minimum Gasteiger partial charge on any atom is -0.393 e. The number of rotatable bonds is 6. The topological polar surface area (TPSA) is 47.3 Å². The SMILES string of the molecule is O[C@@H](CC1c2ccccc2-c2cncn21)C1CCC(OCC2CC2)CC1. The summed E-state index contributed by atoms with van der Waals surface area (Å²) in [6.07, 6.45) is 11.9. The third-order valence-corrected chi connectivity index (χ3v) is 6.59. The Morgan fingerprint density at radius 3 is 2.73 bits per heavy atom. The Balaban J connectivity index is 1.22. The van der Waals surface area contributed by atoms with Crippen LogP contribution in [0.2, 0.25) is 0 Å². The molecular weight excluding hydrogens is 324 g/mol. The molecule has 1 N–H and O–H groups in total. The number of nitrogens with zero attached hydrogens (tertiary/aromatic N) is 2. The molecule has 0 amide bonds. The summed E-state index contributed by atoms with van der Waals surface area (Å²) >= 11 is 0. The van der Waals surface area contributed by atoms with Crippen LogP contribution in [0.1, 0.15) is 56.6 Å². The fourth-order valence-electron chi connectivity index (χ4n) is 4.79. The zero-order valence-electron chi connectivity index (χ0n) is 15.3. The first kappa shape index (κ1) is 16.5. The summed E-state index contributed by atoms with van der Waals surface area (Å²) in [4.78, 5) is 4.33. The van der Waals surface area contributed by atoms with Crippen molar-refractivity contribution in [2.45, 2.75) is 63.2 Å². The Kier molecular flexibility index (Phi) is 4.33. The molecule has 2 heterocycles. The van der Waals surface area contributed by atoms with Gasteiger partial charge in [-0.1, -0.05) is 24.3 Å². The fourth-order valence-corrected chi connectivity index (χ4v) is 4.79. The van der Waals surface area contributed by atoms with E-state index in [1.54, 1.807) is 0 Å². The molecule has 0 spiro atoms. The predicted octanol–water partition coefficient (Wildman–Crippen LogP) is 4.19. The Morgan fingerprint density at radius 1 is 1.12 bits per heavy atom. The molecule has 0 bridgehead atoms. The van der Waals surface area contributed by atoms with Crippen LogP contribution in [0.4, 0.5) is 0 Å². The lowest BCUT2D eigenvalue weighted by Gasteiger charge is -2.32. The summed E-state index contributed by atoms with van der Waals surface area (Å²) < 4.78 is 8.29. The molecule has 1 aromatic heterocycles. The van der Waals surface area contributed by atoms with Crippen LogP contribution in [-0.4, -0.2) is 33.5 Å². The molecule has 2 fully saturated rings. The maximum Gasteiger partial charge on any atom is 0.0956 e. The molecule has 1 unspecified atom stereocenters. The normalized spacial score (nSPS) is 28.6. The smallest absolute Gasteiger partial charge is 0.0956 e. The zero-order chi connectivity index (χ0) is 17.5. The van der Waals surface area contributed by atoms with Crippen LogP contribution in [0.15, 0.2) is 36.8 Å². The fraction of sp³-hybridized carbons (Fsp3) is 0.591. The van der Waals surface area contributed by atoms with Crippen molar-refractivity contribution >= 4 is 0 Å². The zero-order valence-corrected chi connectivity index (χ0v) is 15.3. The highest BCUT2D eigenvalue weighted by atomic mass is 16.5. The number of aliphatic hydroxyl groups excluding tert-OH is 1. The summed E-state index contributed by atoms with van der Waals surface area (Å²) in [5.41, 5.74) is 3.76. The monoisotopic (exact) mass is 352 g/mol. The van der Waals surface area contributed by atoms with Gasteiger partial charge in [-0.15, -0.1) is 0 Å². The molecule has 2 aromatic rings. The van der Waals surface area contributed by atoms with Gasteiger partial charge in [0.05, 0.1) is 36.5 Å². The lowest BCUT2D eigenvalue weighted by atomic mass is 9.81. The Labute approximate surface area is 155 Å². The molecule has 138 valence electrons. The molecule has 0 saturated heterocycles. The van der Waals surface area contributed by atoms with Gasteiger partial charge in [-0.25, -0.2) is 4.98 Å². The second-order valence-electron chi connectivity index (χ2n) is 8.41. The molecule has 5 rings (SSSR count). The third-order valence-electron chi connectivity index (χ3n) is 6.59. The van der Waals surface area contributed by atoms with Crippen LogP contribution < -0.4 is 0 Å². The Bertz CT molecular complexity index is 759. The molecule has 0 radical (unpaired) electrons. The highest BCUT2D eigenvalue weighted by Gasteiger charge is 2.34. The van der Waals surface area contributed by atoms with Gasteiger partial charge in [0.25, 0.3) is 0 Å². The standard InChI is InChI=1S/C22H28N2O2/c25-22(16-7-9-17(10-8-16)26-13-15-5-6-15)11-20-18-3-1-2-4-19(18)21-12-23-14-24(20)21/h1-4,12,14-17,20,22,25H,5-11,13H2/t16?,17?,20?,22-/m0/s1. The summed E-state index contributed by atoms with van der Waals surface area (Å²) in [5, 5.41) is 11.0.